The van der Waals surface area contributed by atoms with E-state index in [1.54, 1.807) is 0 Å². The highest BCUT2D eigenvalue weighted by Crippen LogP contribution is 2.29. The van der Waals surface area contributed by atoms with E-state index in [4.69, 9.17) is 15.6 Å². The van der Waals surface area contributed by atoms with Gasteiger partial charge < -0.3 is 15.6 Å². The Kier molecular flexibility index (Phi) is 5.62. The normalized spacial score (nSPS) is 12.2. The summed E-state index contributed by atoms with van der Waals surface area (Å²) in [6.45, 7) is 4.12. The van der Waals surface area contributed by atoms with Crippen LogP contribution in [0.3, 0.4) is 0 Å². The fraction of sp³-hybridized carbons (Fsp3) is 0.462. The van der Waals surface area contributed by atoms with E-state index in [-0.39, 0.29) is 0 Å². The van der Waals surface area contributed by atoms with Gasteiger partial charge in [-0.3, -0.25) is 0 Å². The van der Waals surface area contributed by atoms with Gasteiger partial charge >= 0.3 is 5.97 Å². The Hall–Kier alpha value is -1.07. The summed E-state index contributed by atoms with van der Waals surface area (Å²) in [6.07, 6.45) is 0.416. The number of rotatable bonds is 6. The monoisotopic (exact) mass is 315 g/mol. The number of carboxylic acids is 1. The highest BCUT2D eigenvalue weighted by Gasteiger charge is 2.20. The number of hydrogen-bond donors (Lipinski definition) is 2. The molecule has 0 spiro atoms. The standard InChI is InChI=1S/C13H18BrNO3/c1-3-4-11(13(16)17)18-12-8(2)5-10(14)6-9(12)7-15/h5-6,11H,3-4,7,15H2,1-2H3,(H,16,17). The molecule has 0 bridgehead atoms. The lowest BCUT2D eigenvalue weighted by Gasteiger charge is -2.19. The molecule has 0 amide bonds. The van der Waals surface area contributed by atoms with Crippen molar-refractivity contribution < 1.29 is 14.6 Å². The van der Waals surface area contributed by atoms with Crippen molar-refractivity contribution in [1.82, 2.24) is 0 Å². The van der Waals surface area contributed by atoms with Gasteiger partial charge in [0.25, 0.3) is 0 Å². The van der Waals surface area contributed by atoms with Crippen molar-refractivity contribution >= 4 is 21.9 Å². The predicted molar refractivity (Wildman–Crippen MR) is 73.7 cm³/mol. The summed E-state index contributed by atoms with van der Waals surface area (Å²) in [5, 5.41) is 9.11. The van der Waals surface area contributed by atoms with Crippen LogP contribution >= 0.6 is 15.9 Å². The minimum atomic E-state index is -0.942. The van der Waals surface area contributed by atoms with Crippen molar-refractivity contribution in [3.8, 4) is 5.75 Å². The number of carbonyl (C=O) groups is 1. The molecular weight excluding hydrogens is 298 g/mol. The number of aliphatic carboxylic acids is 1. The lowest BCUT2D eigenvalue weighted by molar-refractivity contribution is -0.145. The third kappa shape index (κ3) is 3.71. The first-order chi connectivity index (χ1) is 8.49. The zero-order valence-corrected chi connectivity index (χ0v) is 12.2. The van der Waals surface area contributed by atoms with Crippen molar-refractivity contribution in [2.75, 3.05) is 0 Å². The lowest BCUT2D eigenvalue weighted by Crippen LogP contribution is -2.27. The third-order valence-corrected chi connectivity index (χ3v) is 3.08. The first kappa shape index (κ1) is 15.0. The van der Waals surface area contributed by atoms with Crippen molar-refractivity contribution in [1.29, 1.82) is 0 Å². The molecule has 0 aliphatic rings. The molecule has 0 saturated heterocycles. The minimum absolute atomic E-state index is 0.314. The van der Waals surface area contributed by atoms with Crippen LogP contribution < -0.4 is 10.5 Å². The highest BCUT2D eigenvalue weighted by molar-refractivity contribution is 9.10. The molecule has 3 N–H and O–H groups in total. The number of aryl methyl sites for hydroxylation is 1. The zero-order valence-electron chi connectivity index (χ0n) is 10.6. The Morgan fingerprint density at radius 2 is 2.22 bits per heavy atom. The van der Waals surface area contributed by atoms with E-state index in [1.165, 1.54) is 0 Å². The van der Waals surface area contributed by atoms with Gasteiger partial charge in [-0.2, -0.15) is 0 Å². The molecule has 5 heteroatoms. The molecule has 4 nitrogen and oxygen atoms in total. The van der Waals surface area contributed by atoms with Gasteiger partial charge in [-0.25, -0.2) is 4.79 Å². The van der Waals surface area contributed by atoms with E-state index >= 15 is 0 Å². The van der Waals surface area contributed by atoms with E-state index in [2.05, 4.69) is 15.9 Å². The van der Waals surface area contributed by atoms with Gasteiger partial charge in [0.15, 0.2) is 6.10 Å². The Labute approximate surface area is 115 Å². The first-order valence-corrected chi connectivity index (χ1v) is 6.67. The predicted octanol–water partition coefficient (Wildman–Crippen LogP) is 2.85. The Bertz CT molecular complexity index is 434. The van der Waals surface area contributed by atoms with Crippen molar-refractivity contribution in [2.24, 2.45) is 5.73 Å². The van der Waals surface area contributed by atoms with Crippen molar-refractivity contribution in [3.05, 3.63) is 27.7 Å². The van der Waals surface area contributed by atoms with Crippen molar-refractivity contribution in [3.63, 3.8) is 0 Å². The molecule has 0 aromatic heterocycles. The quantitative estimate of drug-likeness (QED) is 0.846. The number of benzene rings is 1. The number of nitrogens with two attached hydrogens (primary N) is 1. The van der Waals surface area contributed by atoms with E-state index in [9.17, 15) is 4.79 Å². The van der Waals surface area contributed by atoms with E-state index in [0.717, 1.165) is 22.0 Å². The summed E-state index contributed by atoms with van der Waals surface area (Å²) in [5.41, 5.74) is 7.36. The Morgan fingerprint density at radius 1 is 1.56 bits per heavy atom. The molecular formula is C13H18BrNO3. The number of hydrogen-bond acceptors (Lipinski definition) is 3. The molecule has 1 aromatic carbocycles. The van der Waals surface area contributed by atoms with Crippen LogP contribution in [0.2, 0.25) is 0 Å². The second kappa shape index (κ2) is 6.75. The van der Waals surface area contributed by atoms with Crippen LogP contribution in [0.15, 0.2) is 16.6 Å². The molecule has 0 fully saturated rings. The second-order valence-corrected chi connectivity index (χ2v) is 5.06. The third-order valence-electron chi connectivity index (χ3n) is 2.62. The zero-order chi connectivity index (χ0) is 13.7. The van der Waals surface area contributed by atoms with Crippen LogP contribution in [0.4, 0.5) is 0 Å². The SMILES string of the molecule is CCCC(Oc1c(C)cc(Br)cc1CN)C(=O)O. The van der Waals surface area contributed by atoms with E-state index in [0.29, 0.717) is 18.7 Å². The number of halogens is 1. The maximum Gasteiger partial charge on any atom is 0.344 e. The molecule has 1 rings (SSSR count). The summed E-state index contributed by atoms with van der Waals surface area (Å²) in [6, 6.07) is 3.74. The van der Waals surface area contributed by atoms with Crippen LogP contribution in [0.25, 0.3) is 0 Å². The van der Waals surface area contributed by atoms with Crippen LogP contribution in [0.5, 0.6) is 5.75 Å². The van der Waals surface area contributed by atoms with Crippen molar-refractivity contribution in [2.45, 2.75) is 39.3 Å². The van der Waals surface area contributed by atoms with Gasteiger partial charge in [0, 0.05) is 16.6 Å². The Balaban J connectivity index is 3.04. The molecule has 0 radical (unpaired) electrons. The molecule has 0 aliphatic heterocycles. The fourth-order valence-electron chi connectivity index (χ4n) is 1.76. The average molecular weight is 316 g/mol. The molecule has 18 heavy (non-hydrogen) atoms. The molecule has 0 heterocycles. The molecule has 0 aliphatic carbocycles. The maximum atomic E-state index is 11.1. The minimum Gasteiger partial charge on any atom is -0.479 e. The Morgan fingerprint density at radius 3 is 2.72 bits per heavy atom. The molecule has 1 atom stereocenters. The largest absolute Gasteiger partial charge is 0.479 e. The number of carboxylic acid groups (broad SMARTS) is 1. The van der Waals surface area contributed by atoms with Crippen LogP contribution in [0.1, 0.15) is 30.9 Å². The van der Waals surface area contributed by atoms with Gasteiger partial charge in [0.1, 0.15) is 5.75 Å². The van der Waals surface area contributed by atoms with E-state index in [1.807, 2.05) is 26.0 Å². The smallest absolute Gasteiger partial charge is 0.344 e. The summed E-state index contributed by atoms with van der Waals surface area (Å²) >= 11 is 3.39. The number of ether oxygens (including phenoxy) is 1. The van der Waals surface area contributed by atoms with Gasteiger partial charge in [-0.05, 0) is 31.0 Å². The average Bonchev–Trinajstić information content (AvgIpc) is 2.30. The summed E-state index contributed by atoms with van der Waals surface area (Å²) < 4.78 is 6.54. The first-order valence-electron chi connectivity index (χ1n) is 5.88. The van der Waals surface area contributed by atoms with E-state index < -0.39 is 12.1 Å². The van der Waals surface area contributed by atoms with Gasteiger partial charge in [-0.15, -0.1) is 0 Å². The maximum absolute atomic E-state index is 11.1. The molecule has 100 valence electrons. The summed E-state index contributed by atoms with van der Waals surface area (Å²) in [7, 11) is 0. The van der Waals surface area contributed by atoms with Crippen LogP contribution in [-0.4, -0.2) is 17.2 Å². The molecule has 0 saturated carbocycles. The lowest BCUT2D eigenvalue weighted by atomic mass is 10.1. The highest BCUT2D eigenvalue weighted by atomic mass is 79.9. The topological polar surface area (TPSA) is 72.5 Å². The summed E-state index contributed by atoms with van der Waals surface area (Å²) in [5.74, 6) is -0.358. The summed E-state index contributed by atoms with van der Waals surface area (Å²) in [4.78, 5) is 11.1. The molecule has 1 unspecified atom stereocenters. The molecule has 1 aromatic rings. The fourth-order valence-corrected chi connectivity index (χ4v) is 2.38. The van der Waals surface area contributed by atoms with Crippen LogP contribution in [0, 0.1) is 6.92 Å². The van der Waals surface area contributed by atoms with Crippen LogP contribution in [-0.2, 0) is 11.3 Å². The second-order valence-electron chi connectivity index (χ2n) is 4.15. The van der Waals surface area contributed by atoms with Gasteiger partial charge in [-0.1, -0.05) is 29.3 Å². The van der Waals surface area contributed by atoms with Gasteiger partial charge in [0.05, 0.1) is 0 Å². The van der Waals surface area contributed by atoms with Gasteiger partial charge in [0.2, 0.25) is 0 Å².